The van der Waals surface area contributed by atoms with E-state index < -0.39 is 16.9 Å². The first kappa shape index (κ1) is 15.2. The minimum absolute atomic E-state index is 0.162. The zero-order valence-electron chi connectivity index (χ0n) is 12.3. The molecule has 2 heterocycles. The van der Waals surface area contributed by atoms with E-state index in [4.69, 9.17) is 0 Å². The third-order valence-electron chi connectivity index (χ3n) is 3.72. The summed E-state index contributed by atoms with van der Waals surface area (Å²) in [7, 11) is 0. The predicted octanol–water partition coefficient (Wildman–Crippen LogP) is 2.19. The van der Waals surface area contributed by atoms with Gasteiger partial charge in [-0.1, -0.05) is 0 Å². The van der Waals surface area contributed by atoms with Crippen LogP contribution in [0, 0.1) is 11.7 Å². The molecule has 0 aromatic carbocycles. The van der Waals surface area contributed by atoms with Gasteiger partial charge in [0.1, 0.15) is 0 Å². The summed E-state index contributed by atoms with van der Waals surface area (Å²) >= 11 is 0. The molecule has 0 spiro atoms. The molecule has 0 unspecified atom stereocenters. The van der Waals surface area contributed by atoms with Gasteiger partial charge in [0.2, 0.25) is 0 Å². The Hall–Kier alpha value is -1.23. The molecule has 2 rings (SSSR count). The van der Waals surface area contributed by atoms with Gasteiger partial charge in [0, 0.05) is 37.3 Å². The Kier molecular flexibility index (Phi) is 4.28. The average molecular weight is 284 g/mol. The molecule has 0 aliphatic carbocycles. The number of alkyl halides is 1. The number of halogens is 2. The molecule has 0 radical (unpaired) electrons. The van der Waals surface area contributed by atoms with Crippen LogP contribution in [0.25, 0.3) is 0 Å². The normalized spacial score (nSPS) is 17.2. The van der Waals surface area contributed by atoms with Gasteiger partial charge >= 0.3 is 0 Å². The van der Waals surface area contributed by atoms with E-state index in [0.717, 1.165) is 25.2 Å². The van der Waals surface area contributed by atoms with Crippen molar-refractivity contribution in [1.82, 2.24) is 9.47 Å². The molecular weight excluding hydrogens is 262 g/mol. The highest BCUT2D eigenvalue weighted by atomic mass is 19.1. The van der Waals surface area contributed by atoms with Crippen LogP contribution < -0.4 is 5.56 Å². The van der Waals surface area contributed by atoms with Gasteiger partial charge in [0.05, 0.1) is 6.67 Å². The first-order valence-electron chi connectivity index (χ1n) is 7.01. The SMILES string of the molecule is CC(C)(C)n1cc(CCN2CC(CF)C2)cc(F)c1=O. The molecule has 1 aliphatic heterocycles. The lowest BCUT2D eigenvalue weighted by atomic mass is 10.0. The fourth-order valence-electron chi connectivity index (χ4n) is 2.48. The molecule has 0 bridgehead atoms. The molecule has 1 fully saturated rings. The minimum Gasteiger partial charge on any atom is -0.307 e. The Morgan fingerprint density at radius 2 is 2.00 bits per heavy atom. The number of hydrogen-bond acceptors (Lipinski definition) is 2. The lowest BCUT2D eigenvalue weighted by Gasteiger charge is -2.37. The second kappa shape index (κ2) is 5.64. The van der Waals surface area contributed by atoms with Gasteiger partial charge in [-0.3, -0.25) is 9.18 Å². The van der Waals surface area contributed by atoms with E-state index in [-0.39, 0.29) is 12.6 Å². The molecule has 20 heavy (non-hydrogen) atoms. The smallest absolute Gasteiger partial charge is 0.287 e. The second-order valence-corrected chi connectivity index (χ2v) is 6.57. The van der Waals surface area contributed by atoms with E-state index in [1.54, 1.807) is 6.20 Å². The summed E-state index contributed by atoms with van der Waals surface area (Å²) in [5.41, 5.74) is -0.215. The Bertz CT molecular complexity index is 528. The third kappa shape index (κ3) is 3.26. The fourth-order valence-corrected chi connectivity index (χ4v) is 2.48. The van der Waals surface area contributed by atoms with Gasteiger partial charge in [-0.25, -0.2) is 4.39 Å². The van der Waals surface area contributed by atoms with Gasteiger partial charge in [0.15, 0.2) is 5.82 Å². The van der Waals surface area contributed by atoms with Gasteiger partial charge in [0.25, 0.3) is 5.56 Å². The number of aromatic nitrogens is 1. The monoisotopic (exact) mass is 284 g/mol. The second-order valence-electron chi connectivity index (χ2n) is 6.57. The summed E-state index contributed by atoms with van der Waals surface area (Å²) in [4.78, 5) is 13.9. The molecule has 0 amide bonds. The van der Waals surface area contributed by atoms with Crippen LogP contribution >= 0.6 is 0 Å². The zero-order chi connectivity index (χ0) is 14.9. The average Bonchev–Trinajstić information content (AvgIpc) is 2.30. The summed E-state index contributed by atoms with van der Waals surface area (Å²) < 4.78 is 27.5. The minimum atomic E-state index is -0.706. The summed E-state index contributed by atoms with van der Waals surface area (Å²) in [6.07, 6.45) is 2.41. The molecule has 5 heteroatoms. The molecule has 1 aromatic rings. The van der Waals surface area contributed by atoms with Crippen LogP contribution in [0.15, 0.2) is 17.1 Å². The highest BCUT2D eigenvalue weighted by Crippen LogP contribution is 2.17. The highest BCUT2D eigenvalue weighted by molar-refractivity contribution is 5.13. The van der Waals surface area contributed by atoms with E-state index >= 15 is 0 Å². The molecule has 0 saturated carbocycles. The molecular formula is C15H22F2N2O. The molecule has 3 nitrogen and oxygen atoms in total. The fraction of sp³-hybridized carbons (Fsp3) is 0.667. The maximum atomic E-state index is 13.7. The Balaban J connectivity index is 2.06. The van der Waals surface area contributed by atoms with Crippen LogP contribution in [0.5, 0.6) is 0 Å². The van der Waals surface area contributed by atoms with Crippen LogP contribution in [0.3, 0.4) is 0 Å². The van der Waals surface area contributed by atoms with Crippen molar-refractivity contribution in [3.63, 3.8) is 0 Å². The summed E-state index contributed by atoms with van der Waals surface area (Å²) in [5, 5.41) is 0. The number of rotatable bonds is 4. The maximum Gasteiger partial charge on any atom is 0.287 e. The van der Waals surface area contributed by atoms with Crippen LogP contribution in [0.4, 0.5) is 8.78 Å². The molecule has 1 aromatic heterocycles. The van der Waals surface area contributed by atoms with Crippen molar-refractivity contribution < 1.29 is 8.78 Å². The first-order valence-corrected chi connectivity index (χ1v) is 7.01. The van der Waals surface area contributed by atoms with Crippen molar-refractivity contribution in [3.05, 3.63) is 34.0 Å². The predicted molar refractivity (Wildman–Crippen MR) is 75.3 cm³/mol. The Labute approximate surface area is 118 Å². The van der Waals surface area contributed by atoms with Crippen LogP contribution in [-0.4, -0.2) is 35.8 Å². The van der Waals surface area contributed by atoms with Crippen molar-refractivity contribution >= 4 is 0 Å². The van der Waals surface area contributed by atoms with Crippen molar-refractivity contribution in [2.24, 2.45) is 5.92 Å². The summed E-state index contributed by atoms with van der Waals surface area (Å²) in [6.45, 7) is 7.69. The first-order chi connectivity index (χ1) is 9.31. The number of hydrogen-bond donors (Lipinski definition) is 0. The molecule has 0 N–H and O–H groups in total. The van der Waals surface area contributed by atoms with Crippen molar-refractivity contribution in [2.75, 3.05) is 26.3 Å². The molecule has 1 saturated heterocycles. The third-order valence-corrected chi connectivity index (χ3v) is 3.72. The van der Waals surface area contributed by atoms with E-state index in [1.165, 1.54) is 10.6 Å². The van der Waals surface area contributed by atoms with E-state index in [2.05, 4.69) is 4.90 Å². The molecule has 112 valence electrons. The van der Waals surface area contributed by atoms with Crippen molar-refractivity contribution in [2.45, 2.75) is 32.7 Å². The van der Waals surface area contributed by atoms with E-state index in [1.807, 2.05) is 20.8 Å². The highest BCUT2D eigenvalue weighted by Gasteiger charge is 2.26. The quantitative estimate of drug-likeness (QED) is 0.847. The standard InChI is InChI=1S/C15H22F2N2O/c1-15(2,3)19-10-11(6-13(17)14(19)20)4-5-18-8-12(7-16)9-18/h6,10,12H,4-5,7-9H2,1-3H3. The zero-order valence-corrected chi connectivity index (χ0v) is 12.3. The number of pyridine rings is 1. The summed E-state index contributed by atoms with van der Waals surface area (Å²) in [6, 6.07) is 1.32. The lowest BCUT2D eigenvalue weighted by molar-refractivity contribution is 0.0823. The van der Waals surface area contributed by atoms with Crippen LogP contribution in [-0.2, 0) is 12.0 Å². The number of likely N-dealkylation sites (tertiary alicyclic amines) is 1. The number of nitrogens with zero attached hydrogens (tertiary/aromatic N) is 2. The van der Waals surface area contributed by atoms with Crippen LogP contribution in [0.1, 0.15) is 26.3 Å². The summed E-state index contributed by atoms with van der Waals surface area (Å²) in [5.74, 6) is -0.544. The van der Waals surface area contributed by atoms with Gasteiger partial charge < -0.3 is 9.47 Å². The van der Waals surface area contributed by atoms with Crippen molar-refractivity contribution in [3.8, 4) is 0 Å². The van der Waals surface area contributed by atoms with Gasteiger partial charge in [-0.15, -0.1) is 0 Å². The Morgan fingerprint density at radius 1 is 1.35 bits per heavy atom. The van der Waals surface area contributed by atoms with E-state index in [9.17, 15) is 13.6 Å². The molecule has 1 aliphatic rings. The largest absolute Gasteiger partial charge is 0.307 e. The maximum absolute atomic E-state index is 13.7. The van der Waals surface area contributed by atoms with Crippen LogP contribution in [0.2, 0.25) is 0 Å². The topological polar surface area (TPSA) is 25.2 Å². The lowest BCUT2D eigenvalue weighted by Crippen LogP contribution is -2.48. The Morgan fingerprint density at radius 3 is 2.55 bits per heavy atom. The van der Waals surface area contributed by atoms with E-state index in [0.29, 0.717) is 6.42 Å². The molecule has 0 atom stereocenters. The van der Waals surface area contributed by atoms with Crippen molar-refractivity contribution in [1.29, 1.82) is 0 Å². The van der Waals surface area contributed by atoms with Gasteiger partial charge in [-0.05, 0) is 38.8 Å². The van der Waals surface area contributed by atoms with Gasteiger partial charge in [-0.2, -0.15) is 0 Å².